The molecule has 0 fully saturated rings. The topological polar surface area (TPSA) is 94.1 Å². The van der Waals surface area contributed by atoms with E-state index in [1.807, 2.05) is 54.6 Å². The number of ether oxygens (including phenoxy) is 3. The lowest BCUT2D eigenvalue weighted by Gasteiger charge is -2.28. The lowest BCUT2D eigenvalue weighted by atomic mass is 10.0. The number of benzene rings is 4. The number of rotatable bonds is 10. The smallest absolute Gasteiger partial charge is 0.412 e. The zero-order chi connectivity index (χ0) is 26.0. The van der Waals surface area contributed by atoms with E-state index in [-0.39, 0.29) is 24.5 Å². The molecule has 0 aliphatic rings. The summed E-state index contributed by atoms with van der Waals surface area (Å²) in [6.07, 6.45) is -2.03. The highest BCUT2D eigenvalue weighted by molar-refractivity contribution is 7.81. The van der Waals surface area contributed by atoms with E-state index in [4.69, 9.17) is 14.2 Å². The van der Waals surface area contributed by atoms with Crippen molar-refractivity contribution >= 4 is 41.2 Å². The van der Waals surface area contributed by atoms with Gasteiger partial charge < -0.3 is 19.3 Å². The summed E-state index contributed by atoms with van der Waals surface area (Å²) in [4.78, 5) is 24.8. The fourth-order valence-corrected chi connectivity index (χ4v) is 3.98. The quantitative estimate of drug-likeness (QED) is 0.173. The summed E-state index contributed by atoms with van der Waals surface area (Å²) in [7, 11) is 0. The highest BCUT2D eigenvalue weighted by atomic mass is 32.1. The third kappa shape index (κ3) is 7.17. The normalized spacial score (nSPS) is 12.4. The Morgan fingerprint density at radius 1 is 0.865 bits per heavy atom. The number of aromatic hydroxyl groups is 1. The van der Waals surface area contributed by atoms with Gasteiger partial charge in [0, 0.05) is 11.8 Å². The van der Waals surface area contributed by atoms with Gasteiger partial charge >= 0.3 is 12.1 Å². The number of thiol groups is 1. The number of carbonyl (C=O) groups is 2. The molecule has 37 heavy (non-hydrogen) atoms. The zero-order valence-corrected chi connectivity index (χ0v) is 20.8. The van der Waals surface area contributed by atoms with E-state index in [9.17, 15) is 14.7 Å². The van der Waals surface area contributed by atoms with Crippen LogP contribution in [0.2, 0.25) is 0 Å². The maximum absolute atomic E-state index is 13.2. The average Bonchev–Trinajstić information content (AvgIpc) is 2.92. The zero-order valence-electron chi connectivity index (χ0n) is 19.9. The summed E-state index contributed by atoms with van der Waals surface area (Å²) in [5.74, 6) is 0.133. The molecule has 4 aromatic rings. The molecule has 0 saturated carbocycles. The molecule has 1 amide bonds. The molecule has 0 unspecified atom stereocenters. The van der Waals surface area contributed by atoms with Crippen molar-refractivity contribution in [3.05, 3.63) is 103 Å². The lowest BCUT2D eigenvalue weighted by molar-refractivity contribution is -0.141. The minimum atomic E-state index is -0.884. The Morgan fingerprint density at radius 2 is 1.57 bits per heavy atom. The van der Waals surface area contributed by atoms with E-state index in [0.717, 1.165) is 10.8 Å². The van der Waals surface area contributed by atoms with Crippen LogP contribution in [0.25, 0.3) is 10.8 Å². The van der Waals surface area contributed by atoms with Gasteiger partial charge in [0.25, 0.3) is 0 Å². The van der Waals surface area contributed by atoms with Gasteiger partial charge in [-0.25, -0.2) is 4.79 Å². The van der Waals surface area contributed by atoms with Gasteiger partial charge in [0.1, 0.15) is 17.6 Å². The molecule has 0 spiro atoms. The number of hydrogen-bond acceptors (Lipinski definition) is 7. The first-order valence-corrected chi connectivity index (χ1v) is 12.4. The second-order valence-electron chi connectivity index (χ2n) is 8.21. The number of fused-ring (bicyclic) bond motifs is 1. The number of hydrogen-bond donors (Lipinski definition) is 3. The van der Waals surface area contributed by atoms with Gasteiger partial charge in [-0.2, -0.15) is 12.6 Å². The monoisotopic (exact) mass is 517 g/mol. The van der Waals surface area contributed by atoms with Crippen LogP contribution in [0.5, 0.6) is 11.5 Å². The summed E-state index contributed by atoms with van der Waals surface area (Å²) < 4.78 is 17.4. The van der Waals surface area contributed by atoms with Crippen LogP contribution in [0, 0.1) is 0 Å². The molecular formula is C29H27NO6S. The second-order valence-corrected chi connectivity index (χ2v) is 8.52. The summed E-state index contributed by atoms with van der Waals surface area (Å²) in [6, 6.07) is 28.7. The molecule has 4 aromatic carbocycles. The largest absolute Gasteiger partial charge is 0.508 e. The first kappa shape index (κ1) is 25.9. The molecule has 2 atom stereocenters. The van der Waals surface area contributed by atoms with Crippen LogP contribution in [-0.2, 0) is 14.3 Å². The van der Waals surface area contributed by atoms with Crippen molar-refractivity contribution in [1.29, 1.82) is 0 Å². The van der Waals surface area contributed by atoms with Crippen molar-refractivity contribution < 1.29 is 28.9 Å². The average molecular weight is 518 g/mol. The van der Waals surface area contributed by atoms with Gasteiger partial charge in [0.15, 0.2) is 6.10 Å². The first-order chi connectivity index (χ1) is 18.0. The van der Waals surface area contributed by atoms with Gasteiger partial charge in [-0.15, -0.1) is 0 Å². The Morgan fingerprint density at radius 3 is 2.32 bits per heavy atom. The van der Waals surface area contributed by atoms with Crippen LogP contribution in [0.3, 0.4) is 0 Å². The summed E-state index contributed by atoms with van der Waals surface area (Å²) in [5, 5.41) is 14.5. The Bertz CT molecular complexity index is 1320. The summed E-state index contributed by atoms with van der Waals surface area (Å²) in [6.45, 7) is 0.0414. The van der Waals surface area contributed by atoms with Crippen molar-refractivity contribution in [1.82, 2.24) is 0 Å². The number of phenolic OH excluding ortho intramolecular Hbond substituents is 1. The van der Waals surface area contributed by atoms with Crippen molar-refractivity contribution in [2.75, 3.05) is 17.7 Å². The fraction of sp³-hybridized carbons (Fsp3) is 0.172. The van der Waals surface area contributed by atoms with Crippen LogP contribution in [-0.4, -0.2) is 35.6 Å². The number of phenols is 1. The third-order valence-electron chi connectivity index (χ3n) is 5.64. The molecule has 190 valence electrons. The third-order valence-corrected chi connectivity index (χ3v) is 5.90. The van der Waals surface area contributed by atoms with E-state index in [2.05, 4.69) is 17.9 Å². The molecule has 8 heteroatoms. The minimum absolute atomic E-state index is 0.0414. The number of anilines is 1. The molecule has 0 aliphatic carbocycles. The summed E-state index contributed by atoms with van der Waals surface area (Å²) >= 11 is 3.94. The van der Waals surface area contributed by atoms with E-state index in [1.54, 1.807) is 30.3 Å². The van der Waals surface area contributed by atoms with Crippen molar-refractivity contribution in [3.63, 3.8) is 0 Å². The van der Waals surface area contributed by atoms with Gasteiger partial charge in [0.2, 0.25) is 0 Å². The Labute approximate surface area is 220 Å². The Kier molecular flexibility index (Phi) is 8.89. The number of nitrogens with one attached hydrogen (secondary N) is 1. The Balaban J connectivity index is 1.61. The number of amides is 1. The van der Waals surface area contributed by atoms with Gasteiger partial charge in [0.05, 0.1) is 18.0 Å². The van der Waals surface area contributed by atoms with Crippen LogP contribution in [0.1, 0.15) is 18.1 Å². The molecule has 0 bridgehead atoms. The number of para-hydroxylation sites is 1. The SMILES string of the molecule is O=C(CS)OCC[C@@H](Oc1ccccc1)[C@H](OC(=O)Nc1cccc2ccccc12)c1ccc(O)cc1. The van der Waals surface area contributed by atoms with Crippen LogP contribution in [0.4, 0.5) is 10.5 Å². The lowest BCUT2D eigenvalue weighted by Crippen LogP contribution is -2.32. The minimum Gasteiger partial charge on any atom is -0.508 e. The number of carbonyl (C=O) groups excluding carboxylic acids is 2. The van der Waals surface area contributed by atoms with Crippen LogP contribution < -0.4 is 10.1 Å². The first-order valence-electron chi connectivity index (χ1n) is 11.8. The molecule has 7 nitrogen and oxygen atoms in total. The predicted molar refractivity (Wildman–Crippen MR) is 145 cm³/mol. The number of esters is 1. The van der Waals surface area contributed by atoms with Gasteiger partial charge in [-0.05, 0) is 41.3 Å². The van der Waals surface area contributed by atoms with Gasteiger partial charge in [-0.3, -0.25) is 10.1 Å². The second kappa shape index (κ2) is 12.7. The molecule has 4 rings (SSSR count). The van der Waals surface area contributed by atoms with E-state index >= 15 is 0 Å². The van der Waals surface area contributed by atoms with E-state index < -0.39 is 24.3 Å². The van der Waals surface area contributed by atoms with Gasteiger partial charge in [-0.1, -0.05) is 66.7 Å². The maximum atomic E-state index is 13.2. The van der Waals surface area contributed by atoms with Crippen molar-refractivity contribution in [2.24, 2.45) is 0 Å². The summed E-state index contributed by atoms with van der Waals surface area (Å²) in [5.41, 5.74) is 1.21. The maximum Gasteiger partial charge on any atom is 0.412 e. The van der Waals surface area contributed by atoms with Crippen LogP contribution in [0.15, 0.2) is 97.1 Å². The van der Waals surface area contributed by atoms with E-state index in [0.29, 0.717) is 17.0 Å². The molecule has 0 heterocycles. The van der Waals surface area contributed by atoms with Crippen molar-refractivity contribution in [2.45, 2.75) is 18.6 Å². The fourth-order valence-electron chi connectivity index (χ4n) is 3.89. The highest BCUT2D eigenvalue weighted by Gasteiger charge is 2.30. The van der Waals surface area contributed by atoms with E-state index in [1.165, 1.54) is 12.1 Å². The predicted octanol–water partition coefficient (Wildman–Crippen LogP) is 6.15. The molecule has 0 saturated heterocycles. The molecule has 0 radical (unpaired) electrons. The van der Waals surface area contributed by atoms with Crippen LogP contribution >= 0.6 is 12.6 Å². The molecule has 2 N–H and O–H groups in total. The highest BCUT2D eigenvalue weighted by Crippen LogP contribution is 2.30. The Hall–Kier alpha value is -4.17. The molecule has 0 aliphatic heterocycles. The van der Waals surface area contributed by atoms with Crippen molar-refractivity contribution in [3.8, 4) is 11.5 Å². The molecule has 0 aromatic heterocycles. The standard InChI is InChI=1S/C29H27NO6S/c31-22-15-13-21(14-16-22)28(26(17-18-34-27(32)19-37)35-23-9-2-1-3-10-23)36-29(33)30-25-12-6-8-20-7-4-5-11-24(20)25/h1-16,26,28,31,37H,17-19H2,(H,30,33)/t26-,28-/m1/s1. The molecular weight excluding hydrogens is 490 g/mol.